The van der Waals surface area contributed by atoms with E-state index in [1.807, 2.05) is 0 Å². The molecule has 1 aliphatic heterocycles. The monoisotopic (exact) mass is 348 g/mol. The summed E-state index contributed by atoms with van der Waals surface area (Å²) in [5.41, 5.74) is 1.23. The van der Waals surface area contributed by atoms with Crippen LogP contribution in [-0.4, -0.2) is 38.0 Å². The first-order valence-corrected chi connectivity index (χ1v) is 8.49. The van der Waals surface area contributed by atoms with E-state index in [2.05, 4.69) is 17.0 Å². The van der Waals surface area contributed by atoms with Crippen molar-refractivity contribution < 1.29 is 23.9 Å². The Morgan fingerprint density at radius 3 is 2.80 bits per heavy atom. The number of amides is 2. The largest absolute Gasteiger partial charge is 0.482 e. The first kappa shape index (κ1) is 18.8. The molecule has 25 heavy (non-hydrogen) atoms. The minimum atomic E-state index is -0.429. The normalized spacial score (nSPS) is 13.0. The van der Waals surface area contributed by atoms with Gasteiger partial charge in [-0.25, -0.2) is 0 Å². The van der Waals surface area contributed by atoms with Crippen LogP contribution in [0.1, 0.15) is 39.0 Å². The van der Waals surface area contributed by atoms with Crippen LogP contribution in [0.3, 0.4) is 0 Å². The van der Waals surface area contributed by atoms with E-state index in [1.165, 1.54) is 7.11 Å². The molecule has 0 radical (unpaired) electrons. The van der Waals surface area contributed by atoms with Crippen molar-refractivity contribution in [2.75, 3.05) is 30.5 Å². The van der Waals surface area contributed by atoms with E-state index in [1.54, 1.807) is 23.1 Å². The summed E-state index contributed by atoms with van der Waals surface area (Å²) in [5, 5.41) is 2.73. The van der Waals surface area contributed by atoms with Gasteiger partial charge in [0.15, 0.2) is 6.61 Å². The molecule has 0 atom stereocenters. The molecule has 7 nitrogen and oxygen atoms in total. The number of unbranched alkanes of at least 4 members (excludes halogenated alkanes) is 2. The van der Waals surface area contributed by atoms with Gasteiger partial charge >= 0.3 is 5.97 Å². The molecule has 1 N–H and O–H groups in total. The van der Waals surface area contributed by atoms with Crippen LogP contribution in [-0.2, 0) is 19.1 Å². The fourth-order valence-electron chi connectivity index (χ4n) is 2.59. The van der Waals surface area contributed by atoms with Crippen LogP contribution in [0, 0.1) is 0 Å². The Hall–Kier alpha value is -2.57. The smallest absolute Gasteiger partial charge is 0.306 e. The molecule has 1 aliphatic rings. The Bertz CT molecular complexity index is 644. The molecule has 1 aromatic rings. The lowest BCUT2D eigenvalue weighted by molar-refractivity contribution is -0.141. The molecule has 0 unspecified atom stereocenters. The summed E-state index contributed by atoms with van der Waals surface area (Å²) < 4.78 is 9.98. The molecule has 136 valence electrons. The van der Waals surface area contributed by atoms with Crippen molar-refractivity contribution in [1.29, 1.82) is 0 Å². The molecule has 0 spiro atoms. The fraction of sp³-hybridized carbons (Fsp3) is 0.500. The summed E-state index contributed by atoms with van der Waals surface area (Å²) >= 11 is 0. The Morgan fingerprint density at radius 2 is 2.08 bits per heavy atom. The molecule has 2 rings (SSSR count). The second-order valence-electron chi connectivity index (χ2n) is 5.85. The van der Waals surface area contributed by atoms with Gasteiger partial charge in [0.2, 0.25) is 5.91 Å². The summed E-state index contributed by atoms with van der Waals surface area (Å²) in [6, 6.07) is 5.19. The van der Waals surface area contributed by atoms with E-state index in [4.69, 9.17) is 4.74 Å². The topological polar surface area (TPSA) is 84.9 Å². The number of nitrogens with zero attached hydrogens (tertiary/aromatic N) is 1. The third kappa shape index (κ3) is 5.20. The zero-order valence-corrected chi connectivity index (χ0v) is 14.7. The van der Waals surface area contributed by atoms with Crippen molar-refractivity contribution in [3.8, 4) is 5.75 Å². The standard InChI is InChI=1S/C18H24N2O5/c1-3-4-5-10-20-14-11-13(6-7-15(14)25-12-17(20)22)19-16(21)8-9-18(23)24-2/h6-7,11H,3-5,8-10,12H2,1-2H3,(H,19,21). The highest BCUT2D eigenvalue weighted by atomic mass is 16.5. The molecule has 0 fully saturated rings. The molecule has 0 aromatic heterocycles. The summed E-state index contributed by atoms with van der Waals surface area (Å²) in [6.45, 7) is 2.77. The lowest BCUT2D eigenvalue weighted by atomic mass is 10.1. The number of nitrogens with one attached hydrogen (secondary N) is 1. The number of carbonyl (C=O) groups is 3. The van der Waals surface area contributed by atoms with Gasteiger partial charge in [-0.05, 0) is 24.6 Å². The molecular formula is C18H24N2O5. The van der Waals surface area contributed by atoms with Gasteiger partial charge in [0.1, 0.15) is 5.75 Å². The van der Waals surface area contributed by atoms with E-state index in [0.717, 1.165) is 19.3 Å². The van der Waals surface area contributed by atoms with Gasteiger partial charge in [0.05, 0.1) is 19.2 Å². The SMILES string of the molecule is CCCCCN1C(=O)COc2ccc(NC(=O)CCC(=O)OC)cc21. The van der Waals surface area contributed by atoms with Gasteiger partial charge in [-0.2, -0.15) is 0 Å². The van der Waals surface area contributed by atoms with E-state index < -0.39 is 5.97 Å². The van der Waals surface area contributed by atoms with Gasteiger partial charge < -0.3 is 19.7 Å². The van der Waals surface area contributed by atoms with Crippen LogP contribution in [0.25, 0.3) is 0 Å². The van der Waals surface area contributed by atoms with Crippen molar-refractivity contribution in [3.63, 3.8) is 0 Å². The number of esters is 1. The molecule has 1 aromatic carbocycles. The zero-order valence-electron chi connectivity index (χ0n) is 14.7. The number of anilines is 2. The first-order valence-electron chi connectivity index (χ1n) is 8.49. The number of hydrogen-bond acceptors (Lipinski definition) is 5. The van der Waals surface area contributed by atoms with E-state index in [-0.39, 0.29) is 31.3 Å². The lowest BCUT2D eigenvalue weighted by Gasteiger charge is -2.29. The zero-order chi connectivity index (χ0) is 18.2. The maximum absolute atomic E-state index is 12.2. The Labute approximate surface area is 147 Å². The number of hydrogen-bond donors (Lipinski definition) is 1. The Morgan fingerprint density at radius 1 is 1.28 bits per heavy atom. The third-order valence-electron chi connectivity index (χ3n) is 3.95. The van der Waals surface area contributed by atoms with E-state index in [0.29, 0.717) is 23.7 Å². The molecule has 0 aliphatic carbocycles. The van der Waals surface area contributed by atoms with Crippen LogP contribution in [0.15, 0.2) is 18.2 Å². The minimum Gasteiger partial charge on any atom is -0.482 e. The molecule has 0 saturated carbocycles. The Kier molecular flexibility index (Phi) is 6.80. The van der Waals surface area contributed by atoms with Crippen LogP contribution >= 0.6 is 0 Å². The number of benzene rings is 1. The van der Waals surface area contributed by atoms with Gasteiger partial charge in [-0.3, -0.25) is 14.4 Å². The quantitative estimate of drug-likeness (QED) is 0.576. The van der Waals surface area contributed by atoms with Crippen molar-refractivity contribution in [1.82, 2.24) is 0 Å². The van der Waals surface area contributed by atoms with Crippen LogP contribution in [0.4, 0.5) is 11.4 Å². The summed E-state index contributed by atoms with van der Waals surface area (Å²) in [6.07, 6.45) is 3.10. The molecule has 0 bridgehead atoms. The van der Waals surface area contributed by atoms with Gasteiger partial charge in [0.25, 0.3) is 5.91 Å². The predicted octanol–water partition coefficient (Wildman–Crippen LogP) is 2.49. The lowest BCUT2D eigenvalue weighted by Crippen LogP contribution is -2.39. The molecule has 2 amide bonds. The molecule has 7 heteroatoms. The highest BCUT2D eigenvalue weighted by Gasteiger charge is 2.25. The number of rotatable bonds is 8. The summed E-state index contributed by atoms with van der Waals surface area (Å²) in [7, 11) is 1.29. The molecule has 0 saturated heterocycles. The Balaban J connectivity index is 2.06. The van der Waals surface area contributed by atoms with Gasteiger partial charge in [0, 0.05) is 18.7 Å². The maximum Gasteiger partial charge on any atom is 0.306 e. The van der Waals surface area contributed by atoms with Crippen molar-refractivity contribution >= 4 is 29.2 Å². The van der Waals surface area contributed by atoms with Crippen LogP contribution in [0.2, 0.25) is 0 Å². The average molecular weight is 348 g/mol. The number of methoxy groups -OCH3 is 1. The van der Waals surface area contributed by atoms with E-state index in [9.17, 15) is 14.4 Å². The maximum atomic E-state index is 12.2. The van der Waals surface area contributed by atoms with Gasteiger partial charge in [-0.15, -0.1) is 0 Å². The average Bonchev–Trinajstić information content (AvgIpc) is 2.61. The third-order valence-corrected chi connectivity index (χ3v) is 3.95. The second-order valence-corrected chi connectivity index (χ2v) is 5.85. The van der Waals surface area contributed by atoms with Crippen molar-refractivity contribution in [2.24, 2.45) is 0 Å². The first-order chi connectivity index (χ1) is 12.0. The summed E-state index contributed by atoms with van der Waals surface area (Å²) in [5.74, 6) is -0.172. The highest BCUT2D eigenvalue weighted by Crippen LogP contribution is 2.34. The predicted molar refractivity (Wildman–Crippen MR) is 93.7 cm³/mol. The molecular weight excluding hydrogens is 324 g/mol. The summed E-state index contributed by atoms with van der Waals surface area (Å²) in [4.78, 5) is 36.9. The van der Waals surface area contributed by atoms with E-state index >= 15 is 0 Å². The van der Waals surface area contributed by atoms with Gasteiger partial charge in [-0.1, -0.05) is 19.8 Å². The van der Waals surface area contributed by atoms with Crippen molar-refractivity contribution in [3.05, 3.63) is 18.2 Å². The number of ether oxygens (including phenoxy) is 2. The minimum absolute atomic E-state index is 0.0258. The fourth-order valence-corrected chi connectivity index (χ4v) is 2.59. The van der Waals surface area contributed by atoms with Crippen molar-refractivity contribution in [2.45, 2.75) is 39.0 Å². The number of fused-ring (bicyclic) bond motifs is 1. The van der Waals surface area contributed by atoms with Crippen LogP contribution in [0.5, 0.6) is 5.75 Å². The number of carbonyl (C=O) groups excluding carboxylic acids is 3. The second kappa shape index (κ2) is 9.05. The van der Waals surface area contributed by atoms with Crippen LogP contribution < -0.4 is 15.0 Å². The molecule has 1 heterocycles. The highest BCUT2D eigenvalue weighted by molar-refractivity contribution is 5.99.